The molecule has 0 rings (SSSR count). The van der Waals surface area contributed by atoms with Gasteiger partial charge in [-0.05, 0) is 6.42 Å². The van der Waals surface area contributed by atoms with E-state index >= 15 is 0 Å². The molecule has 1 amide bonds. The van der Waals surface area contributed by atoms with Crippen LogP contribution in [0.1, 0.15) is 84.0 Å². The number of carbonyl (C=O) groups excluding carboxylic acids is 2. The molecule has 0 aromatic carbocycles. The fourth-order valence-electron chi connectivity index (χ4n) is 2.79. The zero-order valence-corrected chi connectivity index (χ0v) is 18.9. The van der Waals surface area contributed by atoms with Crippen LogP contribution in [0.5, 0.6) is 0 Å². The Labute approximate surface area is 176 Å². The lowest BCUT2D eigenvalue weighted by Gasteiger charge is -2.13. The molecule has 0 unspecified atom stereocenters. The lowest BCUT2D eigenvalue weighted by atomic mass is 10.1. The molecule has 0 radical (unpaired) electrons. The normalized spacial score (nSPS) is 11.7. The van der Waals surface area contributed by atoms with E-state index in [4.69, 9.17) is 9.29 Å². The number of unbranched alkanes of at least 4 members (excludes halogenated alkanes) is 11. The van der Waals surface area contributed by atoms with E-state index in [1.54, 1.807) is 0 Å². The van der Waals surface area contributed by atoms with Gasteiger partial charge >= 0.3 is 5.97 Å². The van der Waals surface area contributed by atoms with Gasteiger partial charge in [-0.1, -0.05) is 77.6 Å². The third-order valence-corrected chi connectivity index (χ3v) is 5.36. The van der Waals surface area contributed by atoms with Gasteiger partial charge < -0.3 is 9.64 Å². The van der Waals surface area contributed by atoms with Gasteiger partial charge in [0.15, 0.2) is 0 Å². The zero-order chi connectivity index (χ0) is 22.0. The van der Waals surface area contributed by atoms with E-state index in [1.165, 1.54) is 64.8 Å². The van der Waals surface area contributed by atoms with Crippen molar-refractivity contribution >= 4 is 22.0 Å². The van der Waals surface area contributed by atoms with Crippen molar-refractivity contribution < 1.29 is 27.3 Å². The number of rotatable bonds is 18. The Balaban J connectivity index is 3.60. The number of ether oxygens (including phenoxy) is 1. The topological polar surface area (TPSA) is 101 Å². The molecule has 0 spiro atoms. The highest BCUT2D eigenvalue weighted by Crippen LogP contribution is 2.11. The summed E-state index contributed by atoms with van der Waals surface area (Å²) in [6.07, 6.45) is 16.9. The van der Waals surface area contributed by atoms with Gasteiger partial charge in [0.05, 0.1) is 12.4 Å². The fraction of sp³-hybridized carbons (Fsp3) is 0.810. The summed E-state index contributed by atoms with van der Waals surface area (Å²) in [4.78, 5) is 24.4. The van der Waals surface area contributed by atoms with Crippen LogP contribution in [-0.2, 0) is 24.4 Å². The third kappa shape index (κ3) is 19.7. The van der Waals surface area contributed by atoms with Crippen molar-refractivity contribution in [3.63, 3.8) is 0 Å². The van der Waals surface area contributed by atoms with Crippen LogP contribution in [0.25, 0.3) is 0 Å². The molecule has 0 aromatic rings. The zero-order valence-electron chi connectivity index (χ0n) is 18.1. The van der Waals surface area contributed by atoms with E-state index in [0.717, 1.165) is 36.3 Å². The minimum absolute atomic E-state index is 0.157. The quantitative estimate of drug-likeness (QED) is 0.151. The van der Waals surface area contributed by atoms with Gasteiger partial charge in [0.2, 0.25) is 5.91 Å². The summed E-state index contributed by atoms with van der Waals surface area (Å²) in [5.74, 6) is -1.67. The maximum Gasteiger partial charge on any atom is 0.330 e. The van der Waals surface area contributed by atoms with E-state index in [1.807, 2.05) is 0 Å². The molecule has 1 N–H and O–H groups in total. The first-order chi connectivity index (χ1) is 13.8. The Kier molecular flexibility index (Phi) is 16.6. The molecule has 0 bridgehead atoms. The largest absolute Gasteiger partial charge is 0.463 e. The van der Waals surface area contributed by atoms with Crippen molar-refractivity contribution in [3.05, 3.63) is 12.2 Å². The molecule has 0 aromatic heterocycles. The highest BCUT2D eigenvalue weighted by molar-refractivity contribution is 7.85. The van der Waals surface area contributed by atoms with Gasteiger partial charge in [-0.2, -0.15) is 8.42 Å². The van der Waals surface area contributed by atoms with Gasteiger partial charge in [0.1, 0.15) is 0 Å². The van der Waals surface area contributed by atoms with Crippen LogP contribution >= 0.6 is 0 Å². The van der Waals surface area contributed by atoms with Crippen molar-refractivity contribution in [3.8, 4) is 0 Å². The second-order valence-electron chi connectivity index (χ2n) is 7.44. The molecule has 0 fully saturated rings. The number of likely N-dealkylation sites (N-methyl/N-ethyl adjacent to an activating group) is 1. The van der Waals surface area contributed by atoms with E-state index in [2.05, 4.69) is 6.92 Å². The van der Waals surface area contributed by atoms with Crippen LogP contribution in [0.3, 0.4) is 0 Å². The molecule has 0 saturated carbocycles. The maximum atomic E-state index is 11.7. The van der Waals surface area contributed by atoms with E-state index in [9.17, 15) is 18.0 Å². The van der Waals surface area contributed by atoms with Crippen LogP contribution in [-0.4, -0.2) is 55.7 Å². The van der Waals surface area contributed by atoms with Crippen LogP contribution in [0, 0.1) is 0 Å². The summed E-state index contributed by atoms with van der Waals surface area (Å²) in [5, 5.41) is 0. The predicted molar refractivity (Wildman–Crippen MR) is 115 cm³/mol. The second kappa shape index (κ2) is 17.4. The van der Waals surface area contributed by atoms with Crippen LogP contribution in [0.4, 0.5) is 0 Å². The third-order valence-electron chi connectivity index (χ3n) is 4.67. The predicted octanol–water partition coefficient (Wildman–Crippen LogP) is 4.13. The summed E-state index contributed by atoms with van der Waals surface area (Å²) in [5.41, 5.74) is 0. The van der Waals surface area contributed by atoms with E-state index in [0.29, 0.717) is 6.61 Å². The van der Waals surface area contributed by atoms with E-state index < -0.39 is 27.7 Å². The summed E-state index contributed by atoms with van der Waals surface area (Å²) in [7, 11) is -2.74. The molecule has 0 heterocycles. The minimum Gasteiger partial charge on any atom is -0.463 e. The molecular weight excluding hydrogens is 394 g/mol. The van der Waals surface area contributed by atoms with Crippen molar-refractivity contribution in [1.82, 2.24) is 4.90 Å². The second-order valence-corrected chi connectivity index (χ2v) is 9.01. The highest BCUT2D eigenvalue weighted by Gasteiger charge is 2.11. The number of carbonyl (C=O) groups is 2. The standard InChI is InChI=1S/C21H39NO6S/c1-3-4-5-6-7-8-9-10-11-12-13-14-18-28-21(24)16-15-20(23)22(2)17-19-29(25,26)27/h15-16H,3-14,17-19H2,1-2H3,(H,25,26,27)/b16-15+. The van der Waals surface area contributed by atoms with Crippen molar-refractivity contribution in [2.45, 2.75) is 84.0 Å². The fourth-order valence-corrected chi connectivity index (χ4v) is 3.30. The maximum absolute atomic E-state index is 11.7. The average Bonchev–Trinajstić information content (AvgIpc) is 2.67. The molecule has 0 aliphatic heterocycles. The minimum atomic E-state index is -4.12. The number of hydrogen-bond acceptors (Lipinski definition) is 5. The van der Waals surface area contributed by atoms with Crippen molar-refractivity contribution in [2.24, 2.45) is 0 Å². The number of esters is 1. The highest BCUT2D eigenvalue weighted by atomic mass is 32.2. The molecule has 0 aliphatic rings. The summed E-state index contributed by atoms with van der Waals surface area (Å²) < 4.78 is 35.0. The lowest BCUT2D eigenvalue weighted by molar-refractivity contribution is -0.138. The van der Waals surface area contributed by atoms with E-state index in [-0.39, 0.29) is 6.54 Å². The Morgan fingerprint density at radius 2 is 1.34 bits per heavy atom. The van der Waals surface area contributed by atoms with Gasteiger partial charge in [-0.3, -0.25) is 9.35 Å². The number of nitrogens with zero attached hydrogens (tertiary/aromatic N) is 1. The van der Waals surface area contributed by atoms with Crippen LogP contribution < -0.4 is 0 Å². The monoisotopic (exact) mass is 433 g/mol. The van der Waals surface area contributed by atoms with Crippen molar-refractivity contribution in [2.75, 3.05) is 26.0 Å². The molecule has 0 atom stereocenters. The van der Waals surface area contributed by atoms with Gasteiger partial charge in [0.25, 0.3) is 10.1 Å². The summed E-state index contributed by atoms with van der Waals surface area (Å²) >= 11 is 0. The number of amides is 1. The Morgan fingerprint density at radius 3 is 1.83 bits per heavy atom. The Hall–Kier alpha value is -1.41. The smallest absolute Gasteiger partial charge is 0.330 e. The molecule has 29 heavy (non-hydrogen) atoms. The first-order valence-electron chi connectivity index (χ1n) is 10.8. The van der Waals surface area contributed by atoms with Gasteiger partial charge in [-0.25, -0.2) is 4.79 Å². The van der Waals surface area contributed by atoms with Crippen molar-refractivity contribution in [1.29, 1.82) is 0 Å². The number of hydrogen-bond donors (Lipinski definition) is 1. The first-order valence-corrected chi connectivity index (χ1v) is 12.4. The lowest BCUT2D eigenvalue weighted by Crippen LogP contribution is -2.30. The molecular formula is C21H39NO6S. The SMILES string of the molecule is CCCCCCCCCCCCCCOC(=O)/C=C/C(=O)N(C)CCS(=O)(=O)O. The van der Waals surface area contributed by atoms with Gasteiger partial charge in [0, 0.05) is 25.7 Å². The molecule has 7 nitrogen and oxygen atoms in total. The molecule has 0 saturated heterocycles. The Morgan fingerprint density at radius 1 is 0.862 bits per heavy atom. The Bertz CT molecular complexity index is 574. The van der Waals surface area contributed by atoms with Gasteiger partial charge in [-0.15, -0.1) is 0 Å². The first kappa shape index (κ1) is 27.6. The average molecular weight is 434 g/mol. The van der Waals surface area contributed by atoms with Crippen LogP contribution in [0.2, 0.25) is 0 Å². The molecule has 8 heteroatoms. The summed E-state index contributed by atoms with van der Waals surface area (Å²) in [6, 6.07) is 0. The molecule has 170 valence electrons. The van der Waals surface area contributed by atoms with Crippen LogP contribution in [0.15, 0.2) is 12.2 Å². The summed E-state index contributed by atoms with van der Waals surface area (Å²) in [6.45, 7) is 2.40. The molecule has 0 aliphatic carbocycles.